The number of hydrogen-bond acceptors (Lipinski definition) is 3. The molecule has 0 aliphatic carbocycles. The second-order valence-electron chi connectivity index (χ2n) is 5.05. The lowest BCUT2D eigenvalue weighted by Crippen LogP contribution is -2.34. The van der Waals surface area contributed by atoms with Crippen molar-refractivity contribution in [2.24, 2.45) is 0 Å². The van der Waals surface area contributed by atoms with Crippen LogP contribution in [0.5, 0.6) is 0 Å². The molecule has 3 N–H and O–H groups in total. The van der Waals surface area contributed by atoms with Crippen LogP contribution >= 0.6 is 0 Å². The second kappa shape index (κ2) is 7.79. The van der Waals surface area contributed by atoms with Gasteiger partial charge < -0.3 is 16.0 Å². The van der Waals surface area contributed by atoms with Crippen LogP contribution in [-0.2, 0) is 4.79 Å². The standard InChI is InChI=1S/C15H25N3O/c1-4-9-18(12(2)3)10-8-15(19)17-14-7-5-6-13(16)11-14/h5-7,11-12H,4,8-10,16H2,1-3H3,(H,17,19). The fourth-order valence-corrected chi connectivity index (χ4v) is 2.00. The molecule has 1 aromatic rings. The monoisotopic (exact) mass is 263 g/mol. The van der Waals surface area contributed by atoms with E-state index in [0.717, 1.165) is 25.2 Å². The molecule has 0 bridgehead atoms. The quantitative estimate of drug-likeness (QED) is 0.744. The van der Waals surface area contributed by atoms with Crippen molar-refractivity contribution in [3.8, 4) is 0 Å². The molecule has 0 saturated carbocycles. The van der Waals surface area contributed by atoms with Gasteiger partial charge in [-0.2, -0.15) is 0 Å². The minimum Gasteiger partial charge on any atom is -0.399 e. The molecule has 106 valence electrons. The summed E-state index contributed by atoms with van der Waals surface area (Å²) >= 11 is 0. The second-order valence-corrected chi connectivity index (χ2v) is 5.05. The van der Waals surface area contributed by atoms with E-state index in [1.54, 1.807) is 12.1 Å². The Morgan fingerprint density at radius 1 is 1.37 bits per heavy atom. The smallest absolute Gasteiger partial charge is 0.225 e. The Morgan fingerprint density at radius 3 is 2.68 bits per heavy atom. The average molecular weight is 263 g/mol. The number of carbonyl (C=O) groups is 1. The highest BCUT2D eigenvalue weighted by atomic mass is 16.1. The predicted octanol–water partition coefficient (Wildman–Crippen LogP) is 2.72. The number of benzene rings is 1. The van der Waals surface area contributed by atoms with Gasteiger partial charge in [0.2, 0.25) is 5.91 Å². The molecule has 0 aromatic heterocycles. The van der Waals surface area contributed by atoms with E-state index >= 15 is 0 Å². The highest BCUT2D eigenvalue weighted by Gasteiger charge is 2.10. The Balaban J connectivity index is 2.42. The van der Waals surface area contributed by atoms with Gasteiger partial charge in [-0.25, -0.2) is 0 Å². The van der Waals surface area contributed by atoms with Crippen LogP contribution in [0, 0.1) is 0 Å². The maximum absolute atomic E-state index is 11.9. The Bertz CT molecular complexity index is 404. The van der Waals surface area contributed by atoms with Crippen molar-refractivity contribution in [1.82, 2.24) is 4.90 Å². The lowest BCUT2D eigenvalue weighted by molar-refractivity contribution is -0.116. The fourth-order valence-electron chi connectivity index (χ4n) is 2.00. The van der Waals surface area contributed by atoms with Crippen LogP contribution in [0.1, 0.15) is 33.6 Å². The number of nitrogens with two attached hydrogens (primary N) is 1. The minimum atomic E-state index is 0.0346. The summed E-state index contributed by atoms with van der Waals surface area (Å²) in [7, 11) is 0. The van der Waals surface area contributed by atoms with Crippen molar-refractivity contribution in [3.05, 3.63) is 24.3 Å². The topological polar surface area (TPSA) is 58.4 Å². The third-order valence-electron chi connectivity index (χ3n) is 3.04. The number of amides is 1. The van der Waals surface area contributed by atoms with E-state index in [-0.39, 0.29) is 5.91 Å². The molecule has 0 spiro atoms. The van der Waals surface area contributed by atoms with Crippen LogP contribution in [-0.4, -0.2) is 29.9 Å². The molecule has 0 aliphatic rings. The van der Waals surface area contributed by atoms with Crippen molar-refractivity contribution < 1.29 is 4.79 Å². The lowest BCUT2D eigenvalue weighted by atomic mass is 10.2. The van der Waals surface area contributed by atoms with Crippen molar-refractivity contribution in [3.63, 3.8) is 0 Å². The van der Waals surface area contributed by atoms with E-state index in [2.05, 4.69) is 31.0 Å². The molecule has 4 nitrogen and oxygen atoms in total. The molecular formula is C15H25N3O. The lowest BCUT2D eigenvalue weighted by Gasteiger charge is -2.25. The normalized spacial score (nSPS) is 11.0. The van der Waals surface area contributed by atoms with Crippen LogP contribution in [0.15, 0.2) is 24.3 Å². The summed E-state index contributed by atoms with van der Waals surface area (Å²) in [6, 6.07) is 7.73. The summed E-state index contributed by atoms with van der Waals surface area (Å²) in [5.74, 6) is 0.0346. The summed E-state index contributed by atoms with van der Waals surface area (Å²) < 4.78 is 0. The van der Waals surface area contributed by atoms with E-state index < -0.39 is 0 Å². The van der Waals surface area contributed by atoms with E-state index in [0.29, 0.717) is 18.2 Å². The van der Waals surface area contributed by atoms with Crippen molar-refractivity contribution in [1.29, 1.82) is 0 Å². The van der Waals surface area contributed by atoms with Gasteiger partial charge in [0.25, 0.3) is 0 Å². The Kier molecular flexibility index (Phi) is 6.36. The van der Waals surface area contributed by atoms with Crippen LogP contribution in [0.3, 0.4) is 0 Å². The third kappa shape index (κ3) is 5.75. The first-order valence-electron chi connectivity index (χ1n) is 6.92. The third-order valence-corrected chi connectivity index (χ3v) is 3.04. The summed E-state index contributed by atoms with van der Waals surface area (Å²) in [6.07, 6.45) is 1.61. The highest BCUT2D eigenvalue weighted by molar-refractivity contribution is 5.91. The maximum atomic E-state index is 11.9. The molecule has 4 heteroatoms. The van der Waals surface area contributed by atoms with Crippen molar-refractivity contribution >= 4 is 17.3 Å². The van der Waals surface area contributed by atoms with Crippen LogP contribution < -0.4 is 11.1 Å². The first-order valence-corrected chi connectivity index (χ1v) is 6.92. The Morgan fingerprint density at radius 2 is 2.11 bits per heavy atom. The SMILES string of the molecule is CCCN(CCC(=O)Nc1cccc(N)c1)C(C)C. The van der Waals surface area contributed by atoms with Gasteiger partial charge in [0, 0.05) is 30.4 Å². The van der Waals surface area contributed by atoms with Gasteiger partial charge in [0.15, 0.2) is 0 Å². The fraction of sp³-hybridized carbons (Fsp3) is 0.533. The van der Waals surface area contributed by atoms with Gasteiger partial charge in [0.1, 0.15) is 0 Å². The first-order chi connectivity index (χ1) is 9.02. The summed E-state index contributed by atoms with van der Waals surface area (Å²) in [5, 5.41) is 2.87. The van der Waals surface area contributed by atoms with E-state index in [4.69, 9.17) is 5.73 Å². The van der Waals surface area contributed by atoms with Crippen molar-refractivity contribution in [2.45, 2.75) is 39.7 Å². The van der Waals surface area contributed by atoms with Crippen LogP contribution in [0.2, 0.25) is 0 Å². The number of hydrogen-bond donors (Lipinski definition) is 2. The first kappa shape index (κ1) is 15.5. The molecule has 0 fully saturated rings. The van der Waals surface area contributed by atoms with Gasteiger partial charge in [-0.3, -0.25) is 4.79 Å². The zero-order chi connectivity index (χ0) is 14.3. The zero-order valence-corrected chi connectivity index (χ0v) is 12.1. The minimum absolute atomic E-state index is 0.0346. The summed E-state index contributed by atoms with van der Waals surface area (Å²) in [6.45, 7) is 8.29. The van der Waals surface area contributed by atoms with Gasteiger partial charge >= 0.3 is 0 Å². The van der Waals surface area contributed by atoms with Gasteiger partial charge in [-0.1, -0.05) is 13.0 Å². The van der Waals surface area contributed by atoms with Gasteiger partial charge in [0.05, 0.1) is 0 Å². The molecular weight excluding hydrogens is 238 g/mol. The Labute approximate surface area is 116 Å². The number of rotatable bonds is 7. The molecule has 0 aliphatic heterocycles. The molecule has 0 radical (unpaired) electrons. The number of nitrogens with one attached hydrogen (secondary N) is 1. The molecule has 19 heavy (non-hydrogen) atoms. The van der Waals surface area contributed by atoms with E-state index in [9.17, 15) is 4.79 Å². The summed E-state index contributed by atoms with van der Waals surface area (Å²) in [4.78, 5) is 14.2. The van der Waals surface area contributed by atoms with Gasteiger partial charge in [-0.15, -0.1) is 0 Å². The largest absolute Gasteiger partial charge is 0.399 e. The number of nitrogen functional groups attached to an aromatic ring is 1. The Hall–Kier alpha value is -1.55. The van der Waals surface area contributed by atoms with Gasteiger partial charge in [-0.05, 0) is 45.0 Å². The van der Waals surface area contributed by atoms with Crippen LogP contribution in [0.25, 0.3) is 0 Å². The molecule has 0 atom stereocenters. The van der Waals surface area contributed by atoms with E-state index in [1.807, 2.05) is 12.1 Å². The van der Waals surface area contributed by atoms with Crippen LogP contribution in [0.4, 0.5) is 11.4 Å². The maximum Gasteiger partial charge on any atom is 0.225 e. The van der Waals surface area contributed by atoms with E-state index in [1.165, 1.54) is 0 Å². The predicted molar refractivity (Wildman–Crippen MR) is 81.1 cm³/mol. The molecule has 1 amide bonds. The number of nitrogens with zero attached hydrogens (tertiary/aromatic N) is 1. The van der Waals surface area contributed by atoms with Crippen molar-refractivity contribution in [2.75, 3.05) is 24.1 Å². The number of carbonyl (C=O) groups excluding carboxylic acids is 1. The molecule has 0 heterocycles. The number of anilines is 2. The average Bonchev–Trinajstić information content (AvgIpc) is 2.34. The molecule has 0 saturated heterocycles. The zero-order valence-electron chi connectivity index (χ0n) is 12.1. The summed E-state index contributed by atoms with van der Waals surface area (Å²) in [5.41, 5.74) is 7.10. The highest BCUT2D eigenvalue weighted by Crippen LogP contribution is 2.12. The molecule has 0 unspecified atom stereocenters. The molecule has 1 rings (SSSR count). The molecule has 1 aromatic carbocycles.